The topological polar surface area (TPSA) is 78.0 Å². The zero-order valence-corrected chi connectivity index (χ0v) is 14.8. The molecule has 1 aliphatic rings. The number of rotatable bonds is 4. The number of sulfonamides is 1. The van der Waals surface area contributed by atoms with Gasteiger partial charge in [0.1, 0.15) is 4.21 Å². The smallest absolute Gasteiger partial charge is 0.206 e. The Morgan fingerprint density at radius 3 is 2.00 bits per heavy atom. The Morgan fingerprint density at radius 2 is 1.57 bits per heavy atom. The highest BCUT2D eigenvalue weighted by Crippen LogP contribution is 2.28. The fraction of sp³-hybridized carbons (Fsp3) is 0.600. The van der Waals surface area contributed by atoms with E-state index >= 15 is 0 Å². The van der Waals surface area contributed by atoms with Crippen LogP contribution < -0.4 is 0 Å². The second kappa shape index (κ2) is 6.11. The molecule has 1 aliphatic heterocycles. The zero-order valence-electron chi connectivity index (χ0n) is 11.6. The second-order valence-corrected chi connectivity index (χ2v) is 10.7. The summed E-state index contributed by atoms with van der Waals surface area (Å²) in [6.07, 6.45) is 0. The first-order valence-corrected chi connectivity index (χ1v) is 10.1. The highest BCUT2D eigenvalue weighted by atomic mass is 35.5. The molecule has 7 nitrogen and oxygen atoms in total. The van der Waals surface area contributed by atoms with Crippen molar-refractivity contribution in [2.75, 3.05) is 40.3 Å². The Labute approximate surface area is 133 Å². The van der Waals surface area contributed by atoms with Gasteiger partial charge in [0.05, 0.1) is 4.34 Å². The molecule has 1 saturated heterocycles. The minimum atomic E-state index is -3.60. The van der Waals surface area contributed by atoms with Crippen molar-refractivity contribution >= 4 is 43.2 Å². The lowest BCUT2D eigenvalue weighted by Crippen LogP contribution is -2.52. The molecule has 11 heteroatoms. The molecular weight excluding hydrogens is 358 g/mol. The maximum absolute atomic E-state index is 12.4. The Morgan fingerprint density at radius 1 is 1.05 bits per heavy atom. The maximum Gasteiger partial charge on any atom is 0.281 e. The van der Waals surface area contributed by atoms with Crippen LogP contribution in [0.2, 0.25) is 4.34 Å². The maximum atomic E-state index is 12.4. The molecule has 0 saturated carbocycles. The minimum absolute atomic E-state index is 0.130. The van der Waals surface area contributed by atoms with Gasteiger partial charge in [-0.05, 0) is 12.1 Å². The number of hydrogen-bond acceptors (Lipinski definition) is 5. The van der Waals surface area contributed by atoms with Gasteiger partial charge >= 0.3 is 0 Å². The summed E-state index contributed by atoms with van der Waals surface area (Å²) < 4.78 is 53.0. The van der Waals surface area contributed by atoms with E-state index in [4.69, 9.17) is 11.6 Å². The lowest BCUT2D eigenvalue weighted by Gasteiger charge is -2.34. The van der Waals surface area contributed by atoms with E-state index in [1.807, 2.05) is 0 Å². The van der Waals surface area contributed by atoms with Gasteiger partial charge in [0.2, 0.25) is 0 Å². The molecule has 1 aromatic heterocycles. The molecule has 1 aromatic rings. The molecule has 2 heterocycles. The first-order valence-electron chi connectivity index (χ1n) is 6.09. The molecule has 21 heavy (non-hydrogen) atoms. The molecular formula is C10H16ClN3O4S3. The van der Waals surface area contributed by atoms with Crippen LogP contribution in [0.3, 0.4) is 0 Å². The predicted molar refractivity (Wildman–Crippen MR) is 82.3 cm³/mol. The monoisotopic (exact) mass is 373 g/mol. The van der Waals surface area contributed by atoms with Crippen LogP contribution in [0, 0.1) is 0 Å². The molecule has 1 fully saturated rings. The standard InChI is InChI=1S/C10H16ClN3O4S3/c1-12(2)21(17,18)14-7-5-13(6-8-14)20(15,16)10-4-3-9(11)19-10/h3-4H,5-8H2,1-2H3. The Balaban J connectivity index is 2.11. The van der Waals surface area contributed by atoms with Gasteiger partial charge in [0, 0.05) is 40.3 Å². The SMILES string of the molecule is CN(C)S(=O)(=O)N1CCN(S(=O)(=O)c2ccc(Cl)s2)CC1. The molecule has 0 atom stereocenters. The van der Waals surface area contributed by atoms with E-state index in [1.165, 1.54) is 34.8 Å². The van der Waals surface area contributed by atoms with Gasteiger partial charge in [-0.15, -0.1) is 11.3 Å². The number of nitrogens with zero attached hydrogens (tertiary/aromatic N) is 3. The highest BCUT2D eigenvalue weighted by molar-refractivity contribution is 7.91. The molecule has 0 bridgehead atoms. The first kappa shape index (κ1) is 17.1. The number of halogens is 1. The van der Waals surface area contributed by atoms with Crippen molar-refractivity contribution in [1.29, 1.82) is 0 Å². The molecule has 0 unspecified atom stereocenters. The largest absolute Gasteiger partial charge is 0.281 e. The van der Waals surface area contributed by atoms with Crippen molar-refractivity contribution in [3.8, 4) is 0 Å². The van der Waals surface area contributed by atoms with Gasteiger partial charge in [0.15, 0.2) is 0 Å². The van der Waals surface area contributed by atoms with Gasteiger partial charge in [-0.25, -0.2) is 8.42 Å². The predicted octanol–water partition coefficient (Wildman–Crippen LogP) is 0.514. The van der Waals surface area contributed by atoms with Crippen LogP contribution in [0.1, 0.15) is 0 Å². The van der Waals surface area contributed by atoms with Crippen LogP contribution in [0.25, 0.3) is 0 Å². The molecule has 0 radical (unpaired) electrons. The summed E-state index contributed by atoms with van der Waals surface area (Å²) in [4.78, 5) is 0. The lowest BCUT2D eigenvalue weighted by molar-refractivity contribution is 0.263. The summed E-state index contributed by atoms with van der Waals surface area (Å²) in [5.41, 5.74) is 0. The van der Waals surface area contributed by atoms with E-state index in [0.717, 1.165) is 15.6 Å². The van der Waals surface area contributed by atoms with Crippen molar-refractivity contribution in [2.45, 2.75) is 4.21 Å². The van der Waals surface area contributed by atoms with Crippen molar-refractivity contribution in [1.82, 2.24) is 12.9 Å². The van der Waals surface area contributed by atoms with Gasteiger partial charge in [0.25, 0.3) is 20.2 Å². The Hall–Kier alpha value is -0.230. The van der Waals surface area contributed by atoms with Crippen molar-refractivity contribution in [3.63, 3.8) is 0 Å². The second-order valence-electron chi connectivity index (χ2n) is 4.65. The number of hydrogen-bond donors (Lipinski definition) is 0. The van der Waals surface area contributed by atoms with Crippen LogP contribution in [-0.2, 0) is 20.2 Å². The quantitative estimate of drug-likeness (QED) is 0.770. The molecule has 2 rings (SSSR count). The number of piperazine rings is 1. The average Bonchev–Trinajstić information content (AvgIpc) is 2.86. The van der Waals surface area contributed by atoms with Crippen LogP contribution in [0.15, 0.2) is 16.3 Å². The van der Waals surface area contributed by atoms with Crippen LogP contribution in [0.5, 0.6) is 0 Å². The third-order valence-corrected chi connectivity index (χ3v) is 8.67. The van der Waals surface area contributed by atoms with Gasteiger partial charge < -0.3 is 0 Å². The molecule has 120 valence electrons. The molecule has 0 aromatic carbocycles. The summed E-state index contributed by atoms with van der Waals surface area (Å²) in [7, 11) is -4.20. The summed E-state index contributed by atoms with van der Waals surface area (Å²) in [6.45, 7) is 0.535. The van der Waals surface area contributed by atoms with Crippen LogP contribution in [-0.4, -0.2) is 70.0 Å². The van der Waals surface area contributed by atoms with E-state index in [0.29, 0.717) is 4.34 Å². The van der Waals surface area contributed by atoms with Crippen molar-refractivity contribution in [3.05, 3.63) is 16.5 Å². The Kier molecular flexibility index (Phi) is 4.98. The summed E-state index contributed by atoms with van der Waals surface area (Å²) in [6, 6.07) is 3.00. The fourth-order valence-corrected chi connectivity index (χ4v) is 6.08. The summed E-state index contributed by atoms with van der Waals surface area (Å²) in [5, 5.41) is 0. The molecule has 0 N–H and O–H groups in total. The van der Waals surface area contributed by atoms with E-state index in [9.17, 15) is 16.8 Å². The average molecular weight is 374 g/mol. The van der Waals surface area contributed by atoms with Crippen LogP contribution >= 0.6 is 22.9 Å². The zero-order chi connectivity index (χ0) is 15.8. The molecule has 0 amide bonds. The molecule has 0 spiro atoms. The van der Waals surface area contributed by atoms with E-state index < -0.39 is 20.2 Å². The lowest BCUT2D eigenvalue weighted by atomic mass is 10.4. The van der Waals surface area contributed by atoms with Crippen LogP contribution in [0.4, 0.5) is 0 Å². The Bertz CT molecular complexity index is 706. The fourth-order valence-electron chi connectivity index (χ4n) is 1.94. The number of thiophene rings is 1. The normalized spacial score (nSPS) is 19.2. The third-order valence-electron chi connectivity index (χ3n) is 3.13. The molecule has 0 aliphatic carbocycles. The van der Waals surface area contributed by atoms with E-state index in [2.05, 4.69) is 0 Å². The third kappa shape index (κ3) is 3.41. The highest BCUT2D eigenvalue weighted by Gasteiger charge is 2.34. The van der Waals surface area contributed by atoms with E-state index in [1.54, 1.807) is 0 Å². The van der Waals surface area contributed by atoms with Gasteiger partial charge in [-0.3, -0.25) is 0 Å². The van der Waals surface area contributed by atoms with Gasteiger partial charge in [-0.2, -0.15) is 21.3 Å². The first-order chi connectivity index (χ1) is 9.65. The van der Waals surface area contributed by atoms with Crippen molar-refractivity contribution < 1.29 is 16.8 Å². The van der Waals surface area contributed by atoms with Crippen molar-refractivity contribution in [2.24, 2.45) is 0 Å². The van der Waals surface area contributed by atoms with E-state index in [-0.39, 0.29) is 30.4 Å². The van der Waals surface area contributed by atoms with Gasteiger partial charge in [-0.1, -0.05) is 11.6 Å². The minimum Gasteiger partial charge on any atom is -0.206 e. The summed E-state index contributed by atoms with van der Waals surface area (Å²) in [5.74, 6) is 0. The summed E-state index contributed by atoms with van der Waals surface area (Å²) >= 11 is 6.76.